The van der Waals surface area contributed by atoms with Crippen molar-refractivity contribution in [3.63, 3.8) is 0 Å². The highest BCUT2D eigenvalue weighted by Gasteiger charge is 2.15. The maximum Gasteiger partial charge on any atom is 0.295 e. The number of para-hydroxylation sites is 1. The van der Waals surface area contributed by atoms with Crippen LogP contribution in [-0.2, 0) is 0 Å². The van der Waals surface area contributed by atoms with Crippen molar-refractivity contribution in [2.45, 2.75) is 17.0 Å². The first-order valence-electron chi connectivity index (χ1n) is 5.74. The monoisotopic (exact) mass is 287 g/mol. The number of rotatable bonds is 3. The maximum absolute atomic E-state index is 11.0. The average Bonchev–Trinajstić information content (AvgIpc) is 2.84. The zero-order valence-electron chi connectivity index (χ0n) is 10.4. The molecule has 100 valence electrons. The molecule has 0 unspecified atom stereocenters. The van der Waals surface area contributed by atoms with Gasteiger partial charge in [-0.2, -0.15) is 0 Å². The van der Waals surface area contributed by atoms with Crippen LogP contribution in [0.4, 0.5) is 5.69 Å². The van der Waals surface area contributed by atoms with Crippen molar-refractivity contribution < 1.29 is 4.92 Å². The van der Waals surface area contributed by atoms with Gasteiger partial charge >= 0.3 is 0 Å². The summed E-state index contributed by atoms with van der Waals surface area (Å²) in [5, 5.41) is 19.1. The summed E-state index contributed by atoms with van der Waals surface area (Å²) in [4.78, 5) is 19.7. The quantitative estimate of drug-likeness (QED) is 0.587. The molecular weight excluding hydrogens is 278 g/mol. The molecule has 1 N–H and O–H groups in total. The predicted octanol–water partition coefficient (Wildman–Crippen LogP) is 2.72. The molecule has 2 heterocycles. The third kappa shape index (κ3) is 2.21. The van der Waals surface area contributed by atoms with Crippen LogP contribution in [0, 0.1) is 17.0 Å². The number of nitrogens with one attached hydrogen (secondary N) is 1. The lowest BCUT2D eigenvalue weighted by molar-refractivity contribution is -0.383. The smallest absolute Gasteiger partial charge is 0.262 e. The van der Waals surface area contributed by atoms with Crippen LogP contribution < -0.4 is 0 Å². The Bertz CT molecular complexity index is 801. The highest BCUT2D eigenvalue weighted by molar-refractivity contribution is 7.99. The molecule has 0 bridgehead atoms. The van der Waals surface area contributed by atoms with Gasteiger partial charge in [-0.3, -0.25) is 15.2 Å². The third-order valence-corrected chi connectivity index (χ3v) is 3.63. The normalized spacial score (nSPS) is 10.8. The topological polar surface area (TPSA) is 97.6 Å². The SMILES string of the molecule is Cc1nc(Sc2ccnc3c([N+](=O)[O-])cccc23)n[nH]1. The molecule has 0 fully saturated rings. The Morgan fingerprint density at radius 2 is 2.20 bits per heavy atom. The van der Waals surface area contributed by atoms with Crippen LogP contribution in [-0.4, -0.2) is 25.1 Å². The molecule has 0 spiro atoms. The van der Waals surface area contributed by atoms with Crippen LogP contribution in [0.1, 0.15) is 5.82 Å². The number of hydrogen-bond donors (Lipinski definition) is 1. The number of fused-ring (bicyclic) bond motifs is 1. The van der Waals surface area contributed by atoms with Gasteiger partial charge in [0.1, 0.15) is 11.3 Å². The number of nitro benzene ring substituents is 1. The van der Waals surface area contributed by atoms with Crippen molar-refractivity contribution in [2.75, 3.05) is 0 Å². The van der Waals surface area contributed by atoms with E-state index in [-0.39, 0.29) is 5.69 Å². The summed E-state index contributed by atoms with van der Waals surface area (Å²) in [5.74, 6) is 0.719. The molecule has 1 aromatic carbocycles. The Hall–Kier alpha value is -2.48. The molecular formula is C12H9N5O2S. The van der Waals surface area contributed by atoms with Crippen LogP contribution in [0.5, 0.6) is 0 Å². The van der Waals surface area contributed by atoms with Gasteiger partial charge in [-0.05, 0) is 24.8 Å². The molecule has 3 aromatic rings. The number of nitro groups is 1. The number of H-pyrrole nitrogens is 1. The maximum atomic E-state index is 11.0. The molecule has 0 amide bonds. The van der Waals surface area contributed by atoms with Gasteiger partial charge in [0, 0.05) is 22.5 Å². The fourth-order valence-corrected chi connectivity index (χ4v) is 2.71. The first kappa shape index (κ1) is 12.5. The Kier molecular flexibility index (Phi) is 3.07. The number of aryl methyl sites for hydroxylation is 1. The van der Waals surface area contributed by atoms with E-state index in [1.165, 1.54) is 17.8 Å². The second-order valence-electron chi connectivity index (χ2n) is 4.04. The summed E-state index contributed by atoms with van der Waals surface area (Å²) in [6.45, 7) is 1.81. The van der Waals surface area contributed by atoms with E-state index in [9.17, 15) is 10.1 Å². The molecule has 8 heteroatoms. The average molecular weight is 287 g/mol. The van der Waals surface area contributed by atoms with Gasteiger partial charge < -0.3 is 0 Å². The lowest BCUT2D eigenvalue weighted by Crippen LogP contribution is -1.92. The van der Waals surface area contributed by atoms with E-state index in [1.807, 2.05) is 6.92 Å². The molecule has 20 heavy (non-hydrogen) atoms. The van der Waals surface area contributed by atoms with Gasteiger partial charge in [0.15, 0.2) is 0 Å². The van der Waals surface area contributed by atoms with Crippen LogP contribution >= 0.6 is 11.8 Å². The zero-order chi connectivity index (χ0) is 14.1. The second kappa shape index (κ2) is 4.89. The van der Waals surface area contributed by atoms with E-state index in [0.717, 1.165) is 10.7 Å². The number of non-ortho nitro benzene ring substituents is 1. The van der Waals surface area contributed by atoms with Crippen LogP contribution in [0.25, 0.3) is 10.9 Å². The fraction of sp³-hybridized carbons (Fsp3) is 0.0833. The lowest BCUT2D eigenvalue weighted by Gasteiger charge is -2.03. The van der Waals surface area contributed by atoms with E-state index in [1.54, 1.807) is 24.4 Å². The number of hydrogen-bond acceptors (Lipinski definition) is 6. The van der Waals surface area contributed by atoms with Crippen molar-refractivity contribution in [3.05, 3.63) is 46.4 Å². The van der Waals surface area contributed by atoms with Gasteiger partial charge in [-0.15, -0.1) is 5.10 Å². The van der Waals surface area contributed by atoms with Crippen LogP contribution in [0.15, 0.2) is 40.5 Å². The summed E-state index contributed by atoms with van der Waals surface area (Å²) < 4.78 is 0. The van der Waals surface area contributed by atoms with Crippen molar-refractivity contribution in [3.8, 4) is 0 Å². The number of pyridine rings is 1. The summed E-state index contributed by atoms with van der Waals surface area (Å²) in [6.07, 6.45) is 1.55. The molecule has 0 saturated carbocycles. The minimum absolute atomic E-state index is 0.00359. The van der Waals surface area contributed by atoms with Crippen molar-refractivity contribution in [1.82, 2.24) is 20.2 Å². The van der Waals surface area contributed by atoms with E-state index in [4.69, 9.17) is 0 Å². The summed E-state index contributed by atoms with van der Waals surface area (Å²) >= 11 is 1.34. The molecule has 0 saturated heterocycles. The standard InChI is InChI=1S/C12H9N5O2S/c1-7-14-12(16-15-7)20-10-5-6-13-11-8(10)3-2-4-9(11)17(18)19/h2-6H,1H3,(H,14,15,16). The third-order valence-electron chi connectivity index (χ3n) is 2.68. The Labute approximate surface area is 117 Å². The number of aromatic nitrogens is 4. The number of nitrogens with zero attached hydrogens (tertiary/aromatic N) is 4. The molecule has 7 nitrogen and oxygen atoms in total. The number of benzene rings is 1. The minimum Gasteiger partial charge on any atom is -0.262 e. The van der Waals surface area contributed by atoms with E-state index in [2.05, 4.69) is 20.2 Å². The van der Waals surface area contributed by atoms with Crippen LogP contribution in [0.2, 0.25) is 0 Å². The summed E-state index contributed by atoms with van der Waals surface area (Å²) in [5.41, 5.74) is 0.367. The largest absolute Gasteiger partial charge is 0.295 e. The first-order valence-corrected chi connectivity index (χ1v) is 6.56. The van der Waals surface area contributed by atoms with Gasteiger partial charge in [-0.1, -0.05) is 12.1 Å². The minimum atomic E-state index is -0.430. The highest BCUT2D eigenvalue weighted by atomic mass is 32.2. The molecule has 0 aliphatic carbocycles. The van der Waals surface area contributed by atoms with Crippen LogP contribution in [0.3, 0.4) is 0 Å². The number of aromatic amines is 1. The van der Waals surface area contributed by atoms with Gasteiger partial charge in [0.25, 0.3) is 5.69 Å². The molecule has 0 aliphatic heterocycles. The lowest BCUT2D eigenvalue weighted by atomic mass is 10.2. The van der Waals surface area contributed by atoms with E-state index < -0.39 is 4.92 Å². The molecule has 0 radical (unpaired) electrons. The van der Waals surface area contributed by atoms with E-state index >= 15 is 0 Å². The molecule has 2 aromatic heterocycles. The highest BCUT2D eigenvalue weighted by Crippen LogP contribution is 2.33. The Morgan fingerprint density at radius 1 is 1.35 bits per heavy atom. The molecule has 0 aliphatic rings. The second-order valence-corrected chi connectivity index (χ2v) is 5.05. The Balaban J connectivity index is 2.12. The van der Waals surface area contributed by atoms with Gasteiger partial charge in [-0.25, -0.2) is 9.97 Å². The first-order chi connectivity index (χ1) is 9.65. The Morgan fingerprint density at radius 3 is 2.90 bits per heavy atom. The fourth-order valence-electron chi connectivity index (χ4n) is 1.84. The van der Waals surface area contributed by atoms with Crippen molar-refractivity contribution >= 4 is 28.4 Å². The zero-order valence-corrected chi connectivity index (χ0v) is 11.2. The van der Waals surface area contributed by atoms with Gasteiger partial charge in [0.05, 0.1) is 4.92 Å². The predicted molar refractivity (Wildman–Crippen MR) is 73.6 cm³/mol. The molecule has 0 atom stereocenters. The van der Waals surface area contributed by atoms with Crippen molar-refractivity contribution in [2.24, 2.45) is 0 Å². The molecule has 3 rings (SSSR count). The van der Waals surface area contributed by atoms with Gasteiger partial charge in [0.2, 0.25) is 5.16 Å². The van der Waals surface area contributed by atoms with E-state index in [0.29, 0.717) is 16.1 Å². The summed E-state index contributed by atoms with van der Waals surface area (Å²) in [7, 11) is 0. The summed E-state index contributed by atoms with van der Waals surface area (Å²) in [6, 6.07) is 6.69. The van der Waals surface area contributed by atoms with Crippen molar-refractivity contribution in [1.29, 1.82) is 0 Å².